The van der Waals surface area contributed by atoms with Gasteiger partial charge in [-0.3, -0.25) is 4.79 Å². The number of benzene rings is 1. The second-order valence-electron chi connectivity index (χ2n) is 3.28. The topological polar surface area (TPSA) is 26.3 Å². The highest BCUT2D eigenvalue weighted by Crippen LogP contribution is 2.36. The number of ether oxygens (including phenoxy) is 1. The van der Waals surface area contributed by atoms with Gasteiger partial charge in [-0.15, -0.1) is 0 Å². The lowest BCUT2D eigenvalue weighted by molar-refractivity contribution is -0.180. The number of esters is 1. The lowest BCUT2D eigenvalue weighted by Crippen LogP contribution is -2.30. The van der Waals surface area contributed by atoms with Crippen LogP contribution in [-0.2, 0) is 9.53 Å². The Morgan fingerprint density at radius 2 is 1.88 bits per heavy atom. The van der Waals surface area contributed by atoms with Crippen LogP contribution in [0.15, 0.2) is 24.3 Å². The molecule has 1 unspecified atom stereocenters. The maximum atomic E-state index is 12.7. The maximum Gasteiger partial charge on any atom is 0.406 e. The lowest BCUT2D eigenvalue weighted by atomic mass is 9.99. The summed E-state index contributed by atoms with van der Waals surface area (Å²) in [6, 6.07) is 4.93. The van der Waals surface area contributed by atoms with E-state index in [1.165, 1.54) is 19.1 Å². The summed E-state index contributed by atoms with van der Waals surface area (Å²) in [5.41, 5.74) is -0.180. The highest BCUT2D eigenvalue weighted by molar-refractivity contribution is 6.30. The van der Waals surface area contributed by atoms with Gasteiger partial charge >= 0.3 is 12.1 Å². The lowest BCUT2D eigenvalue weighted by Gasteiger charge is -2.18. The SMILES string of the molecule is CCOC(=O)C(c1ccc(Cl)cc1)C(F)(F)F. The van der Waals surface area contributed by atoms with Crippen LogP contribution in [-0.4, -0.2) is 18.8 Å². The molecule has 1 rings (SSSR count). The number of carbonyl (C=O) groups excluding carboxylic acids is 1. The molecule has 0 saturated carbocycles. The molecule has 0 heterocycles. The van der Waals surface area contributed by atoms with Crippen LogP contribution < -0.4 is 0 Å². The summed E-state index contributed by atoms with van der Waals surface area (Å²) in [4.78, 5) is 11.3. The zero-order valence-electron chi connectivity index (χ0n) is 8.92. The summed E-state index contributed by atoms with van der Waals surface area (Å²) in [5, 5.41) is 0.304. The first-order chi connectivity index (χ1) is 7.86. The van der Waals surface area contributed by atoms with Gasteiger partial charge in [-0.25, -0.2) is 0 Å². The molecular formula is C11H10ClF3O2. The van der Waals surface area contributed by atoms with Gasteiger partial charge in [0.05, 0.1) is 6.61 Å². The van der Waals surface area contributed by atoms with Gasteiger partial charge in [0.2, 0.25) is 0 Å². The van der Waals surface area contributed by atoms with Crippen LogP contribution >= 0.6 is 11.6 Å². The van der Waals surface area contributed by atoms with Crippen molar-refractivity contribution in [1.29, 1.82) is 0 Å². The fourth-order valence-electron chi connectivity index (χ4n) is 1.34. The average molecular weight is 267 g/mol. The van der Waals surface area contributed by atoms with Gasteiger partial charge in [-0.1, -0.05) is 23.7 Å². The maximum absolute atomic E-state index is 12.7. The number of hydrogen-bond donors (Lipinski definition) is 0. The van der Waals surface area contributed by atoms with Gasteiger partial charge in [0.25, 0.3) is 0 Å². The van der Waals surface area contributed by atoms with Crippen LogP contribution in [0.25, 0.3) is 0 Å². The van der Waals surface area contributed by atoms with E-state index in [-0.39, 0.29) is 12.2 Å². The number of halogens is 4. The van der Waals surface area contributed by atoms with Gasteiger partial charge in [0.15, 0.2) is 5.92 Å². The summed E-state index contributed by atoms with van der Waals surface area (Å²) in [6.07, 6.45) is -4.68. The Balaban J connectivity index is 3.07. The summed E-state index contributed by atoms with van der Waals surface area (Å²) < 4.78 is 42.7. The molecule has 0 radical (unpaired) electrons. The monoisotopic (exact) mass is 266 g/mol. The predicted molar refractivity (Wildman–Crippen MR) is 56.9 cm³/mol. The molecular weight excluding hydrogens is 257 g/mol. The third-order valence-electron chi connectivity index (χ3n) is 2.05. The van der Waals surface area contributed by atoms with Gasteiger partial charge in [-0.2, -0.15) is 13.2 Å². The Labute approximate surface area is 101 Å². The van der Waals surface area contributed by atoms with E-state index in [1.54, 1.807) is 0 Å². The molecule has 0 bridgehead atoms. The van der Waals surface area contributed by atoms with Crippen molar-refractivity contribution in [1.82, 2.24) is 0 Å². The summed E-state index contributed by atoms with van der Waals surface area (Å²) in [6.45, 7) is 1.35. The minimum absolute atomic E-state index is 0.0982. The van der Waals surface area contributed by atoms with Crippen molar-refractivity contribution >= 4 is 17.6 Å². The molecule has 1 aromatic rings. The first-order valence-corrected chi connectivity index (χ1v) is 5.23. The fraction of sp³-hybridized carbons (Fsp3) is 0.364. The molecule has 94 valence electrons. The Morgan fingerprint density at radius 3 is 2.29 bits per heavy atom. The van der Waals surface area contributed by atoms with Gasteiger partial charge in [-0.05, 0) is 24.6 Å². The Hall–Kier alpha value is -1.23. The van der Waals surface area contributed by atoms with E-state index in [9.17, 15) is 18.0 Å². The largest absolute Gasteiger partial charge is 0.465 e. The smallest absolute Gasteiger partial charge is 0.406 e. The van der Waals surface area contributed by atoms with Crippen LogP contribution in [0, 0.1) is 0 Å². The van der Waals surface area contributed by atoms with E-state index in [0.29, 0.717) is 5.02 Å². The molecule has 1 atom stereocenters. The minimum Gasteiger partial charge on any atom is -0.465 e. The first-order valence-electron chi connectivity index (χ1n) is 4.85. The zero-order valence-corrected chi connectivity index (χ0v) is 9.68. The third kappa shape index (κ3) is 3.63. The van der Waals surface area contributed by atoms with Crippen molar-refractivity contribution in [3.63, 3.8) is 0 Å². The quantitative estimate of drug-likeness (QED) is 0.782. The van der Waals surface area contributed by atoms with Crippen molar-refractivity contribution in [2.75, 3.05) is 6.61 Å². The van der Waals surface area contributed by atoms with E-state index in [4.69, 9.17) is 11.6 Å². The van der Waals surface area contributed by atoms with E-state index >= 15 is 0 Å². The second-order valence-corrected chi connectivity index (χ2v) is 3.71. The molecule has 2 nitrogen and oxygen atoms in total. The van der Waals surface area contributed by atoms with Crippen LogP contribution in [0.3, 0.4) is 0 Å². The first kappa shape index (κ1) is 13.8. The van der Waals surface area contributed by atoms with Gasteiger partial charge in [0, 0.05) is 5.02 Å². The zero-order chi connectivity index (χ0) is 13.1. The Bertz CT molecular complexity index is 387. The molecule has 6 heteroatoms. The summed E-state index contributed by atoms with van der Waals surface area (Å²) in [7, 11) is 0. The minimum atomic E-state index is -4.68. The van der Waals surface area contributed by atoms with Crippen LogP contribution in [0.1, 0.15) is 18.4 Å². The van der Waals surface area contributed by atoms with Crippen molar-refractivity contribution in [2.24, 2.45) is 0 Å². The van der Waals surface area contributed by atoms with Crippen LogP contribution in [0.5, 0.6) is 0 Å². The molecule has 0 aliphatic carbocycles. The Morgan fingerprint density at radius 1 is 1.35 bits per heavy atom. The fourth-order valence-corrected chi connectivity index (χ4v) is 1.47. The third-order valence-corrected chi connectivity index (χ3v) is 2.30. The number of rotatable bonds is 3. The predicted octanol–water partition coefficient (Wildman–Crippen LogP) is 3.55. The van der Waals surface area contributed by atoms with E-state index in [2.05, 4.69) is 4.74 Å². The average Bonchev–Trinajstić information content (AvgIpc) is 2.19. The van der Waals surface area contributed by atoms with Gasteiger partial charge in [0.1, 0.15) is 0 Å². The molecule has 0 N–H and O–H groups in total. The number of alkyl halides is 3. The molecule has 0 aromatic heterocycles. The van der Waals surface area contributed by atoms with Crippen molar-refractivity contribution in [2.45, 2.75) is 19.0 Å². The highest BCUT2D eigenvalue weighted by Gasteiger charge is 2.47. The molecule has 0 amide bonds. The molecule has 0 aliphatic rings. The summed E-state index contributed by atoms with van der Waals surface area (Å²) in [5.74, 6) is -3.57. The standard InChI is InChI=1S/C11H10ClF3O2/c1-2-17-10(16)9(11(13,14)15)7-3-5-8(12)6-4-7/h3-6,9H,2H2,1H3. The molecule has 0 saturated heterocycles. The van der Waals surface area contributed by atoms with Crippen molar-refractivity contribution in [3.05, 3.63) is 34.9 Å². The van der Waals surface area contributed by atoms with Gasteiger partial charge < -0.3 is 4.74 Å². The molecule has 0 spiro atoms. The molecule has 0 fully saturated rings. The van der Waals surface area contributed by atoms with Crippen molar-refractivity contribution in [3.8, 4) is 0 Å². The van der Waals surface area contributed by atoms with E-state index in [0.717, 1.165) is 12.1 Å². The summed E-state index contributed by atoms with van der Waals surface area (Å²) >= 11 is 5.57. The van der Waals surface area contributed by atoms with Crippen LogP contribution in [0.2, 0.25) is 5.02 Å². The molecule has 1 aromatic carbocycles. The van der Waals surface area contributed by atoms with Crippen molar-refractivity contribution < 1.29 is 22.7 Å². The van der Waals surface area contributed by atoms with Crippen LogP contribution in [0.4, 0.5) is 13.2 Å². The second kappa shape index (κ2) is 5.40. The normalized spacial score (nSPS) is 13.2. The molecule has 17 heavy (non-hydrogen) atoms. The van der Waals surface area contributed by atoms with E-state index in [1.807, 2.05) is 0 Å². The number of carbonyl (C=O) groups is 1. The number of hydrogen-bond acceptors (Lipinski definition) is 2. The molecule has 0 aliphatic heterocycles. The highest BCUT2D eigenvalue weighted by atomic mass is 35.5. The Kier molecular flexibility index (Phi) is 4.40. The van der Waals surface area contributed by atoms with E-state index < -0.39 is 18.1 Å².